The molecule has 146 valence electrons. The second kappa shape index (κ2) is 6.07. The van der Waals surface area contributed by atoms with E-state index in [9.17, 15) is 5.26 Å². The van der Waals surface area contributed by atoms with Crippen molar-refractivity contribution >= 4 is 39.5 Å². The lowest BCUT2D eigenvalue weighted by atomic mass is 10.0. The zero-order chi connectivity index (χ0) is 20.4. The lowest BCUT2D eigenvalue weighted by Crippen LogP contribution is -2.21. The van der Waals surface area contributed by atoms with Crippen LogP contribution in [-0.2, 0) is 13.0 Å². The number of para-hydroxylation sites is 4. The molecule has 0 N–H and O–H groups in total. The summed E-state index contributed by atoms with van der Waals surface area (Å²) in [5.41, 5.74) is 7.63. The fourth-order valence-corrected chi connectivity index (χ4v) is 4.86. The quantitative estimate of drug-likeness (QED) is 0.436. The molecule has 6 nitrogen and oxygen atoms in total. The topological polar surface area (TPSA) is 62.2 Å². The van der Waals surface area contributed by atoms with E-state index in [-0.39, 0.29) is 0 Å². The second-order valence-electron chi connectivity index (χ2n) is 7.73. The Hall–Kier alpha value is -3.85. The summed E-state index contributed by atoms with van der Waals surface area (Å²) in [5, 5.41) is 9.94. The first-order valence-electron chi connectivity index (χ1n) is 10.3. The maximum absolute atomic E-state index is 9.94. The first-order valence-corrected chi connectivity index (χ1v) is 10.3. The van der Waals surface area contributed by atoms with Crippen LogP contribution in [0.3, 0.4) is 0 Å². The molecule has 1 aliphatic rings. The number of nitriles is 1. The molecule has 0 amide bonds. The Morgan fingerprint density at radius 1 is 0.967 bits per heavy atom. The highest BCUT2D eigenvalue weighted by Gasteiger charge is 2.30. The van der Waals surface area contributed by atoms with Gasteiger partial charge in [0, 0.05) is 13.1 Å². The summed E-state index contributed by atoms with van der Waals surface area (Å²) in [7, 11) is 0. The fourth-order valence-electron chi connectivity index (χ4n) is 4.86. The molecule has 6 heteroatoms. The number of imidazole rings is 2. The molecule has 4 heterocycles. The van der Waals surface area contributed by atoms with Crippen molar-refractivity contribution in [3.8, 4) is 6.07 Å². The molecule has 0 radical (unpaired) electrons. The number of aromatic nitrogens is 4. The predicted molar refractivity (Wildman–Crippen MR) is 118 cm³/mol. The van der Waals surface area contributed by atoms with E-state index in [1.165, 1.54) is 5.56 Å². The molecule has 0 saturated carbocycles. The van der Waals surface area contributed by atoms with Gasteiger partial charge in [0.25, 0.3) is 0 Å². The van der Waals surface area contributed by atoms with Crippen LogP contribution in [0.25, 0.3) is 27.7 Å². The van der Waals surface area contributed by atoms with Crippen molar-refractivity contribution in [2.75, 3.05) is 11.4 Å². The summed E-state index contributed by atoms with van der Waals surface area (Å²) in [4.78, 5) is 12.1. The minimum atomic E-state index is 0.652. The molecule has 0 fully saturated rings. The Morgan fingerprint density at radius 2 is 1.67 bits per heavy atom. The zero-order valence-electron chi connectivity index (χ0n) is 16.9. The number of hydrogen-bond donors (Lipinski definition) is 0. The predicted octanol–water partition coefficient (Wildman–Crippen LogP) is 4.73. The van der Waals surface area contributed by atoms with Gasteiger partial charge in [0.1, 0.15) is 11.9 Å². The molecule has 2 aromatic carbocycles. The molecule has 3 aromatic heterocycles. The van der Waals surface area contributed by atoms with E-state index in [2.05, 4.69) is 51.1 Å². The minimum Gasteiger partial charge on any atom is -0.308 e. The normalized spacial score (nSPS) is 13.4. The third kappa shape index (κ3) is 2.07. The minimum absolute atomic E-state index is 0.652. The fraction of sp³-hybridized carbons (Fsp3) is 0.208. The van der Waals surface area contributed by atoms with Crippen LogP contribution in [0.4, 0.5) is 11.8 Å². The van der Waals surface area contributed by atoms with Crippen molar-refractivity contribution in [3.05, 3.63) is 65.2 Å². The summed E-state index contributed by atoms with van der Waals surface area (Å²) in [6.07, 6.45) is 0.828. The SMILES string of the molecule is CCc1c(C)c(C#N)c2nc3ccccc3n2c1N1CCn2c1nc1ccccc12. The molecule has 0 bridgehead atoms. The summed E-state index contributed by atoms with van der Waals surface area (Å²) in [6.45, 7) is 5.91. The van der Waals surface area contributed by atoms with E-state index in [1.54, 1.807) is 0 Å². The monoisotopic (exact) mass is 392 g/mol. The molecule has 0 aliphatic carbocycles. The Morgan fingerprint density at radius 3 is 2.40 bits per heavy atom. The van der Waals surface area contributed by atoms with E-state index in [4.69, 9.17) is 9.97 Å². The molecule has 30 heavy (non-hydrogen) atoms. The van der Waals surface area contributed by atoms with Crippen molar-refractivity contribution in [2.24, 2.45) is 0 Å². The van der Waals surface area contributed by atoms with Crippen molar-refractivity contribution < 1.29 is 0 Å². The van der Waals surface area contributed by atoms with Gasteiger partial charge in [-0.05, 0) is 48.7 Å². The molecular weight excluding hydrogens is 372 g/mol. The van der Waals surface area contributed by atoms with Crippen LogP contribution in [0, 0.1) is 18.3 Å². The Balaban J connectivity index is 1.75. The number of fused-ring (bicyclic) bond motifs is 6. The van der Waals surface area contributed by atoms with E-state index >= 15 is 0 Å². The average molecular weight is 392 g/mol. The van der Waals surface area contributed by atoms with Crippen molar-refractivity contribution in [2.45, 2.75) is 26.8 Å². The van der Waals surface area contributed by atoms with Gasteiger partial charge in [-0.25, -0.2) is 9.97 Å². The van der Waals surface area contributed by atoms with Gasteiger partial charge in [-0.15, -0.1) is 0 Å². The molecule has 0 atom stereocenters. The van der Waals surface area contributed by atoms with E-state index in [0.717, 1.165) is 64.6 Å². The second-order valence-corrected chi connectivity index (χ2v) is 7.73. The summed E-state index contributed by atoms with van der Waals surface area (Å²) in [6, 6.07) is 18.8. The van der Waals surface area contributed by atoms with Crippen LogP contribution in [0.5, 0.6) is 0 Å². The lowest BCUT2D eigenvalue weighted by Gasteiger charge is -2.24. The average Bonchev–Trinajstić information content (AvgIpc) is 3.44. The van der Waals surface area contributed by atoms with Gasteiger partial charge in [-0.1, -0.05) is 31.2 Å². The van der Waals surface area contributed by atoms with Crippen LogP contribution >= 0.6 is 0 Å². The van der Waals surface area contributed by atoms with Crippen LogP contribution in [0.15, 0.2) is 48.5 Å². The number of hydrogen-bond acceptors (Lipinski definition) is 4. The standard InChI is InChI=1S/C24H20N6/c1-3-16-15(2)17(14-25)22-26-19-9-5-7-11-21(19)30(22)23(16)29-13-12-28-20-10-6-4-8-18(20)27-24(28)29/h4-11H,3,12-13H2,1-2H3. The van der Waals surface area contributed by atoms with Gasteiger partial charge in [-0.3, -0.25) is 9.30 Å². The number of benzene rings is 2. The smallest absolute Gasteiger partial charge is 0.212 e. The summed E-state index contributed by atoms with van der Waals surface area (Å²) in [5.74, 6) is 2.03. The van der Waals surface area contributed by atoms with Gasteiger partial charge in [0.15, 0.2) is 5.65 Å². The first kappa shape index (κ1) is 17.0. The molecule has 0 spiro atoms. The van der Waals surface area contributed by atoms with E-state index < -0.39 is 0 Å². The van der Waals surface area contributed by atoms with Crippen LogP contribution in [-0.4, -0.2) is 25.5 Å². The van der Waals surface area contributed by atoms with Gasteiger partial charge < -0.3 is 4.57 Å². The van der Waals surface area contributed by atoms with Gasteiger partial charge >= 0.3 is 0 Å². The van der Waals surface area contributed by atoms with Gasteiger partial charge in [-0.2, -0.15) is 5.26 Å². The Labute approximate surface area is 173 Å². The molecule has 5 aromatic rings. The molecule has 1 aliphatic heterocycles. The maximum Gasteiger partial charge on any atom is 0.212 e. The number of anilines is 2. The molecule has 6 rings (SSSR count). The first-order chi connectivity index (χ1) is 14.7. The molecular formula is C24H20N6. The number of nitrogens with zero attached hydrogens (tertiary/aromatic N) is 6. The third-order valence-electron chi connectivity index (χ3n) is 6.24. The Kier molecular flexibility index (Phi) is 3.45. The van der Waals surface area contributed by atoms with Crippen molar-refractivity contribution in [1.29, 1.82) is 5.26 Å². The van der Waals surface area contributed by atoms with E-state index in [1.807, 2.05) is 31.2 Å². The Bertz CT molecular complexity index is 1510. The van der Waals surface area contributed by atoms with Crippen LogP contribution < -0.4 is 4.90 Å². The highest BCUT2D eigenvalue weighted by molar-refractivity contribution is 5.88. The third-order valence-corrected chi connectivity index (χ3v) is 6.24. The van der Waals surface area contributed by atoms with Gasteiger partial charge in [0.2, 0.25) is 5.95 Å². The maximum atomic E-state index is 9.94. The van der Waals surface area contributed by atoms with Crippen LogP contribution in [0.2, 0.25) is 0 Å². The molecule has 0 unspecified atom stereocenters. The number of rotatable bonds is 2. The van der Waals surface area contributed by atoms with Crippen molar-refractivity contribution in [3.63, 3.8) is 0 Å². The van der Waals surface area contributed by atoms with Crippen LogP contribution in [0.1, 0.15) is 23.6 Å². The molecule has 0 saturated heterocycles. The van der Waals surface area contributed by atoms with E-state index in [0.29, 0.717) is 5.56 Å². The van der Waals surface area contributed by atoms with Crippen molar-refractivity contribution in [1.82, 2.24) is 18.9 Å². The number of pyridine rings is 1. The lowest BCUT2D eigenvalue weighted by molar-refractivity contribution is 0.820. The van der Waals surface area contributed by atoms with Gasteiger partial charge in [0.05, 0.1) is 27.6 Å². The largest absolute Gasteiger partial charge is 0.308 e. The highest BCUT2D eigenvalue weighted by atomic mass is 15.4. The zero-order valence-corrected chi connectivity index (χ0v) is 16.9. The summed E-state index contributed by atoms with van der Waals surface area (Å²) >= 11 is 0. The highest BCUT2D eigenvalue weighted by Crippen LogP contribution is 2.39. The summed E-state index contributed by atoms with van der Waals surface area (Å²) < 4.78 is 4.45.